The summed E-state index contributed by atoms with van der Waals surface area (Å²) >= 11 is 0. The zero-order valence-electron chi connectivity index (χ0n) is 10.3. The molecule has 0 saturated carbocycles. The summed E-state index contributed by atoms with van der Waals surface area (Å²) in [6.45, 7) is 5.83. The van der Waals surface area contributed by atoms with Crippen LogP contribution in [0.15, 0.2) is 18.3 Å². The van der Waals surface area contributed by atoms with E-state index in [1.807, 2.05) is 12.1 Å². The first-order chi connectivity index (χ1) is 8.17. The molecule has 0 unspecified atom stereocenters. The van der Waals surface area contributed by atoms with Gasteiger partial charge in [-0.05, 0) is 31.5 Å². The molecule has 0 amide bonds. The molecule has 0 saturated heterocycles. The monoisotopic (exact) mass is 233 g/mol. The van der Waals surface area contributed by atoms with Crippen molar-refractivity contribution in [2.75, 3.05) is 12.0 Å². The highest BCUT2D eigenvalue weighted by Crippen LogP contribution is 2.11. The topological polar surface area (TPSA) is 78.0 Å². The number of pyridine rings is 1. The van der Waals surface area contributed by atoms with Gasteiger partial charge in [0.1, 0.15) is 5.82 Å². The first-order valence-corrected chi connectivity index (χ1v) is 5.70. The largest absolute Gasteiger partial charge is 0.308 e. The van der Waals surface area contributed by atoms with Crippen LogP contribution >= 0.6 is 0 Å². The van der Waals surface area contributed by atoms with Gasteiger partial charge in [0.25, 0.3) is 0 Å². The molecule has 5 nitrogen and oxygen atoms in total. The van der Waals surface area contributed by atoms with Crippen LogP contribution < -0.4 is 11.3 Å². The second-order valence-electron chi connectivity index (χ2n) is 4.17. The van der Waals surface area contributed by atoms with E-state index in [1.54, 1.807) is 6.20 Å². The van der Waals surface area contributed by atoms with Crippen molar-refractivity contribution >= 4 is 5.82 Å². The Bertz CT molecular complexity index is 383. The maximum Gasteiger partial charge on any atom is 0.140 e. The van der Waals surface area contributed by atoms with Gasteiger partial charge in [-0.3, -0.25) is 4.90 Å². The number of nitrogens with zero attached hydrogens (tertiary/aromatic N) is 3. The molecule has 1 heterocycles. The predicted octanol–water partition coefficient (Wildman–Crippen LogP) is 1.49. The van der Waals surface area contributed by atoms with E-state index in [1.165, 1.54) is 0 Å². The first-order valence-electron chi connectivity index (χ1n) is 5.70. The molecule has 0 atom stereocenters. The van der Waals surface area contributed by atoms with Gasteiger partial charge in [-0.25, -0.2) is 10.8 Å². The zero-order valence-corrected chi connectivity index (χ0v) is 10.3. The lowest BCUT2D eigenvalue weighted by atomic mass is 10.2. The van der Waals surface area contributed by atoms with Crippen LogP contribution in [0.1, 0.15) is 25.8 Å². The quantitative estimate of drug-likeness (QED) is 0.575. The van der Waals surface area contributed by atoms with Crippen LogP contribution in [-0.4, -0.2) is 22.5 Å². The molecular weight excluding hydrogens is 214 g/mol. The van der Waals surface area contributed by atoms with Crippen molar-refractivity contribution in [3.8, 4) is 6.07 Å². The molecule has 0 aliphatic carbocycles. The van der Waals surface area contributed by atoms with E-state index in [0.717, 1.165) is 18.7 Å². The minimum Gasteiger partial charge on any atom is -0.308 e. The van der Waals surface area contributed by atoms with Crippen molar-refractivity contribution in [3.63, 3.8) is 0 Å². The molecule has 3 N–H and O–H groups in total. The molecule has 17 heavy (non-hydrogen) atoms. The van der Waals surface area contributed by atoms with Crippen LogP contribution in [0.5, 0.6) is 0 Å². The number of hydrazine groups is 1. The summed E-state index contributed by atoms with van der Waals surface area (Å²) in [7, 11) is 0. The number of nitrogen functional groups attached to an aromatic ring is 1. The average molecular weight is 233 g/mol. The first kappa shape index (κ1) is 13.4. The maximum absolute atomic E-state index is 8.63. The lowest BCUT2D eigenvalue weighted by molar-refractivity contribution is 0.218. The Morgan fingerprint density at radius 2 is 2.35 bits per heavy atom. The van der Waals surface area contributed by atoms with Gasteiger partial charge in [0.15, 0.2) is 0 Å². The van der Waals surface area contributed by atoms with Gasteiger partial charge in [-0.15, -0.1) is 0 Å². The lowest BCUT2D eigenvalue weighted by Crippen LogP contribution is -2.31. The van der Waals surface area contributed by atoms with Crippen molar-refractivity contribution in [3.05, 3.63) is 23.9 Å². The number of hydrogen-bond donors (Lipinski definition) is 2. The lowest BCUT2D eigenvalue weighted by Gasteiger charge is -2.25. The Kier molecular flexibility index (Phi) is 5.40. The van der Waals surface area contributed by atoms with Crippen LogP contribution in [0.3, 0.4) is 0 Å². The molecule has 0 radical (unpaired) electrons. The van der Waals surface area contributed by atoms with Crippen molar-refractivity contribution in [2.24, 2.45) is 5.84 Å². The molecule has 0 aromatic carbocycles. The van der Waals surface area contributed by atoms with E-state index < -0.39 is 0 Å². The molecule has 0 aliphatic rings. The molecule has 0 bridgehead atoms. The summed E-state index contributed by atoms with van der Waals surface area (Å²) in [6.07, 6.45) is 2.28. The summed E-state index contributed by atoms with van der Waals surface area (Å²) in [5.74, 6) is 5.98. The van der Waals surface area contributed by atoms with Gasteiger partial charge in [0.2, 0.25) is 0 Å². The Morgan fingerprint density at radius 1 is 1.59 bits per heavy atom. The number of hydrogen-bond acceptors (Lipinski definition) is 5. The van der Waals surface area contributed by atoms with Gasteiger partial charge in [-0.2, -0.15) is 5.26 Å². The Morgan fingerprint density at radius 3 is 2.94 bits per heavy atom. The summed E-state index contributed by atoms with van der Waals surface area (Å²) in [5, 5.41) is 8.63. The molecule has 0 spiro atoms. The van der Waals surface area contributed by atoms with Gasteiger partial charge >= 0.3 is 0 Å². The van der Waals surface area contributed by atoms with E-state index in [-0.39, 0.29) is 0 Å². The Balaban J connectivity index is 2.68. The van der Waals surface area contributed by atoms with Crippen LogP contribution in [0, 0.1) is 11.3 Å². The van der Waals surface area contributed by atoms with Crippen LogP contribution in [-0.2, 0) is 6.54 Å². The second-order valence-corrected chi connectivity index (χ2v) is 4.17. The Hall–Kier alpha value is -1.64. The molecule has 1 aromatic rings. The van der Waals surface area contributed by atoms with Crippen LogP contribution in [0.2, 0.25) is 0 Å². The summed E-state index contributed by atoms with van der Waals surface area (Å²) in [4.78, 5) is 6.31. The van der Waals surface area contributed by atoms with Crippen molar-refractivity contribution in [2.45, 2.75) is 32.9 Å². The third kappa shape index (κ3) is 4.39. The van der Waals surface area contributed by atoms with Crippen molar-refractivity contribution in [1.82, 2.24) is 9.88 Å². The SMILES string of the molecule is CC(C)N(CCC#N)Cc1ccnc(NN)c1. The number of nitrogens with two attached hydrogens (primary N) is 1. The molecule has 5 heteroatoms. The minimum atomic E-state index is 0.408. The third-order valence-corrected chi connectivity index (χ3v) is 2.60. The molecule has 1 rings (SSSR count). The number of nitriles is 1. The van der Waals surface area contributed by atoms with E-state index >= 15 is 0 Å². The van der Waals surface area contributed by atoms with Crippen molar-refractivity contribution in [1.29, 1.82) is 5.26 Å². The molecule has 1 aromatic heterocycles. The average Bonchev–Trinajstić information content (AvgIpc) is 2.34. The maximum atomic E-state index is 8.63. The highest BCUT2D eigenvalue weighted by atomic mass is 15.2. The van der Waals surface area contributed by atoms with E-state index in [4.69, 9.17) is 11.1 Å². The fourth-order valence-electron chi connectivity index (χ4n) is 1.60. The Labute approximate surface area is 102 Å². The second kappa shape index (κ2) is 6.84. The molecule has 92 valence electrons. The zero-order chi connectivity index (χ0) is 12.7. The number of aromatic nitrogens is 1. The van der Waals surface area contributed by atoms with Gasteiger partial charge in [0, 0.05) is 31.7 Å². The van der Waals surface area contributed by atoms with Crippen molar-refractivity contribution < 1.29 is 0 Å². The standard InChI is InChI=1S/C12H19N5/c1-10(2)17(7-3-5-13)9-11-4-6-15-12(8-11)16-14/h4,6,8,10H,3,7,9,14H2,1-2H3,(H,15,16). The number of nitrogens with one attached hydrogen (secondary N) is 1. The van der Waals surface area contributed by atoms with E-state index in [2.05, 4.69) is 35.2 Å². The summed E-state index contributed by atoms with van der Waals surface area (Å²) in [5.41, 5.74) is 3.67. The smallest absolute Gasteiger partial charge is 0.140 e. The number of rotatable bonds is 6. The molecular formula is C12H19N5. The van der Waals surface area contributed by atoms with Crippen LogP contribution in [0.4, 0.5) is 5.82 Å². The fraction of sp³-hybridized carbons (Fsp3) is 0.500. The molecule has 0 aliphatic heterocycles. The number of anilines is 1. The van der Waals surface area contributed by atoms with E-state index in [0.29, 0.717) is 18.3 Å². The normalized spacial score (nSPS) is 10.6. The fourth-order valence-corrected chi connectivity index (χ4v) is 1.60. The van der Waals surface area contributed by atoms with E-state index in [9.17, 15) is 0 Å². The summed E-state index contributed by atoms with van der Waals surface area (Å²) in [6, 6.07) is 6.46. The van der Waals surface area contributed by atoms with Gasteiger partial charge in [0.05, 0.1) is 6.07 Å². The van der Waals surface area contributed by atoms with Gasteiger partial charge in [-0.1, -0.05) is 0 Å². The predicted molar refractivity (Wildman–Crippen MR) is 67.8 cm³/mol. The highest BCUT2D eigenvalue weighted by Gasteiger charge is 2.10. The molecule has 0 fully saturated rings. The third-order valence-electron chi connectivity index (χ3n) is 2.60. The summed E-state index contributed by atoms with van der Waals surface area (Å²) < 4.78 is 0. The van der Waals surface area contributed by atoms with Crippen LogP contribution in [0.25, 0.3) is 0 Å². The minimum absolute atomic E-state index is 0.408. The highest BCUT2D eigenvalue weighted by molar-refractivity contribution is 5.35. The van der Waals surface area contributed by atoms with Gasteiger partial charge < -0.3 is 5.43 Å².